The van der Waals surface area contributed by atoms with E-state index in [4.69, 9.17) is 11.6 Å². The third-order valence-corrected chi connectivity index (χ3v) is 7.69. The minimum Gasteiger partial charge on any atom is -0.410 e. The molecule has 0 saturated carbocycles. The number of hydrazine groups is 1. The van der Waals surface area contributed by atoms with Crippen molar-refractivity contribution in [2.75, 3.05) is 6.54 Å². The van der Waals surface area contributed by atoms with Crippen molar-refractivity contribution in [3.63, 3.8) is 0 Å². The van der Waals surface area contributed by atoms with Crippen molar-refractivity contribution in [2.24, 2.45) is 5.16 Å². The zero-order valence-electron chi connectivity index (χ0n) is 18.0. The van der Waals surface area contributed by atoms with E-state index >= 15 is 0 Å². The largest absolute Gasteiger partial charge is 0.417 e. The molecule has 4 rings (SSSR count). The third kappa shape index (κ3) is 5.12. The minimum absolute atomic E-state index is 0.160. The molecule has 7 nitrogen and oxygen atoms in total. The van der Waals surface area contributed by atoms with Gasteiger partial charge in [0.15, 0.2) is 5.03 Å². The van der Waals surface area contributed by atoms with E-state index in [0.29, 0.717) is 29.3 Å². The number of rotatable bonds is 5. The van der Waals surface area contributed by atoms with Crippen molar-refractivity contribution >= 4 is 28.0 Å². The Morgan fingerprint density at radius 3 is 2.29 bits per heavy atom. The first kappa shape index (κ1) is 25.0. The number of hydrogen-bond acceptors (Lipinski definition) is 5. The molecule has 0 aliphatic carbocycles. The zero-order chi connectivity index (χ0) is 25.2. The van der Waals surface area contributed by atoms with Gasteiger partial charge in [0.05, 0.1) is 11.6 Å². The highest BCUT2D eigenvalue weighted by Gasteiger charge is 2.45. The highest BCUT2D eigenvalue weighted by atomic mass is 35.5. The molecular weight excluding hydrogens is 505 g/mol. The molecule has 2 heterocycles. The van der Waals surface area contributed by atoms with Gasteiger partial charge >= 0.3 is 6.18 Å². The highest BCUT2D eigenvalue weighted by molar-refractivity contribution is 7.89. The van der Waals surface area contributed by atoms with Crippen LogP contribution in [0.5, 0.6) is 0 Å². The number of aromatic nitrogens is 1. The van der Waals surface area contributed by atoms with E-state index < -0.39 is 32.8 Å². The van der Waals surface area contributed by atoms with Crippen LogP contribution in [0.2, 0.25) is 5.02 Å². The molecule has 2 unspecified atom stereocenters. The maximum Gasteiger partial charge on any atom is 0.417 e. The molecule has 1 aliphatic heterocycles. The lowest BCUT2D eigenvalue weighted by Crippen LogP contribution is -2.53. The second-order valence-corrected chi connectivity index (χ2v) is 10.0. The molecule has 12 heteroatoms. The maximum absolute atomic E-state index is 13.8. The summed E-state index contributed by atoms with van der Waals surface area (Å²) in [6.07, 6.45) is -2.74. The van der Waals surface area contributed by atoms with Gasteiger partial charge in [0.1, 0.15) is 6.34 Å². The van der Waals surface area contributed by atoms with Gasteiger partial charge in [-0.1, -0.05) is 63.6 Å². The van der Waals surface area contributed by atoms with Gasteiger partial charge in [-0.2, -0.15) is 13.2 Å². The van der Waals surface area contributed by atoms with Crippen molar-refractivity contribution in [3.05, 3.63) is 94.6 Å². The van der Waals surface area contributed by atoms with Crippen LogP contribution in [0.4, 0.5) is 13.2 Å². The van der Waals surface area contributed by atoms with E-state index in [-0.39, 0.29) is 12.5 Å². The summed E-state index contributed by atoms with van der Waals surface area (Å²) in [6.45, 7) is 0.160. The van der Waals surface area contributed by atoms with E-state index in [1.165, 1.54) is 5.01 Å². The lowest BCUT2D eigenvalue weighted by atomic mass is 9.83. The van der Waals surface area contributed by atoms with Gasteiger partial charge in [-0.15, -0.1) is 0 Å². The quantitative estimate of drug-likeness (QED) is 0.212. The number of pyridine rings is 1. The number of hydrogen-bond donors (Lipinski definition) is 1. The Kier molecular flexibility index (Phi) is 7.02. The number of nitrogens with zero attached hydrogens (tertiary/aromatic N) is 4. The number of benzene rings is 2. The second-order valence-electron chi connectivity index (χ2n) is 7.86. The number of sulfonamides is 1. The molecule has 1 saturated heterocycles. The van der Waals surface area contributed by atoms with E-state index in [9.17, 15) is 26.8 Å². The Bertz CT molecular complexity index is 1290. The topological polar surface area (TPSA) is 86.1 Å². The lowest BCUT2D eigenvalue weighted by Gasteiger charge is -2.46. The van der Waals surface area contributed by atoms with Crippen molar-refractivity contribution in [2.45, 2.75) is 29.6 Å². The van der Waals surface area contributed by atoms with Crippen LogP contribution in [0.25, 0.3) is 0 Å². The van der Waals surface area contributed by atoms with Crippen molar-refractivity contribution in [3.8, 4) is 0 Å². The lowest BCUT2D eigenvalue weighted by molar-refractivity contribution is -0.137. The molecule has 184 valence electrons. The first-order valence-electron chi connectivity index (χ1n) is 10.4. The summed E-state index contributed by atoms with van der Waals surface area (Å²) in [5, 5.41) is 13.3. The molecule has 0 spiro atoms. The predicted octanol–water partition coefficient (Wildman–Crippen LogP) is 5.31. The molecule has 3 aromatic rings. The van der Waals surface area contributed by atoms with Crippen molar-refractivity contribution in [1.82, 2.24) is 14.4 Å². The molecule has 0 radical (unpaired) electrons. The van der Waals surface area contributed by atoms with Gasteiger partial charge in [-0.3, -0.25) is 5.01 Å². The Balaban J connectivity index is 1.88. The van der Waals surface area contributed by atoms with Gasteiger partial charge in [-0.05, 0) is 41.8 Å². The Morgan fingerprint density at radius 1 is 1.03 bits per heavy atom. The van der Waals surface area contributed by atoms with Gasteiger partial charge in [-0.25, -0.2) is 13.4 Å². The van der Waals surface area contributed by atoms with Gasteiger partial charge < -0.3 is 5.21 Å². The monoisotopic (exact) mass is 524 g/mol. The van der Waals surface area contributed by atoms with E-state index in [2.05, 4.69) is 10.1 Å². The third-order valence-electron chi connectivity index (χ3n) is 5.74. The van der Waals surface area contributed by atoms with Crippen LogP contribution < -0.4 is 0 Å². The van der Waals surface area contributed by atoms with Crippen LogP contribution in [-0.2, 0) is 16.2 Å². The van der Waals surface area contributed by atoms with Crippen LogP contribution >= 0.6 is 11.6 Å². The summed E-state index contributed by atoms with van der Waals surface area (Å²) in [5.74, 6) is -0.329. The minimum atomic E-state index is -4.67. The smallest absolute Gasteiger partial charge is 0.410 e. The molecule has 0 bridgehead atoms. The van der Waals surface area contributed by atoms with Crippen molar-refractivity contribution in [1.29, 1.82) is 0 Å². The first-order chi connectivity index (χ1) is 16.6. The van der Waals surface area contributed by atoms with Crippen LogP contribution in [0.15, 0.2) is 83.1 Å². The van der Waals surface area contributed by atoms with Crippen molar-refractivity contribution < 1.29 is 26.8 Å². The summed E-state index contributed by atoms with van der Waals surface area (Å²) < 4.78 is 67.7. The molecule has 1 fully saturated rings. The summed E-state index contributed by atoms with van der Waals surface area (Å²) in [4.78, 5) is 3.62. The van der Waals surface area contributed by atoms with Gasteiger partial charge in [0, 0.05) is 23.7 Å². The molecule has 2 atom stereocenters. The SMILES string of the molecule is O=S(=O)(c1ccc(C(F)(F)F)cn1)N1C(c2ccc(Cl)cc2)C(c2ccccc2)CCN1C=NO. The standard InChI is InChI=1S/C23H20ClF3N4O3S/c24-19-9-6-17(7-10-19)22-20(16-4-2-1-3-5-16)12-13-30(15-29-32)31(22)35(33,34)21-11-8-18(14-28-21)23(25,26)27/h1-11,14-15,20,22,32H,12-13H2. The van der Waals surface area contributed by atoms with E-state index in [1.807, 2.05) is 30.3 Å². The predicted molar refractivity (Wildman–Crippen MR) is 123 cm³/mol. The van der Waals surface area contributed by atoms with Crippen LogP contribution in [-0.4, -0.2) is 40.9 Å². The highest BCUT2D eigenvalue weighted by Crippen LogP contribution is 2.45. The average Bonchev–Trinajstić information content (AvgIpc) is 2.84. The molecule has 1 N–H and O–H groups in total. The number of halogens is 4. The molecule has 1 aliphatic rings. The fourth-order valence-electron chi connectivity index (χ4n) is 4.16. The molecular formula is C23H20ClF3N4O3S. The number of oxime groups is 1. The zero-order valence-corrected chi connectivity index (χ0v) is 19.6. The molecule has 0 amide bonds. The normalized spacial score (nSPS) is 19.8. The van der Waals surface area contributed by atoms with E-state index in [0.717, 1.165) is 22.4 Å². The summed E-state index contributed by atoms with van der Waals surface area (Å²) in [6, 6.07) is 16.5. The van der Waals surface area contributed by atoms with Gasteiger partial charge in [0.25, 0.3) is 10.0 Å². The van der Waals surface area contributed by atoms with Crippen LogP contribution in [0, 0.1) is 0 Å². The summed E-state index contributed by atoms with van der Waals surface area (Å²) in [5.41, 5.74) is 0.392. The molecule has 35 heavy (non-hydrogen) atoms. The summed E-state index contributed by atoms with van der Waals surface area (Å²) >= 11 is 6.06. The Hall–Kier alpha value is -3.15. The Morgan fingerprint density at radius 2 is 1.71 bits per heavy atom. The average molecular weight is 525 g/mol. The fourth-order valence-corrected chi connectivity index (χ4v) is 5.87. The first-order valence-corrected chi connectivity index (χ1v) is 12.3. The number of alkyl halides is 3. The van der Waals surface area contributed by atoms with Crippen LogP contribution in [0.1, 0.15) is 35.1 Å². The van der Waals surface area contributed by atoms with E-state index in [1.54, 1.807) is 24.3 Å². The Labute approximate surface area is 205 Å². The van der Waals surface area contributed by atoms with Crippen LogP contribution in [0.3, 0.4) is 0 Å². The maximum atomic E-state index is 13.8. The fraction of sp³-hybridized carbons (Fsp3) is 0.217. The second kappa shape index (κ2) is 9.84. The summed E-state index contributed by atoms with van der Waals surface area (Å²) in [7, 11) is -4.50. The molecule has 1 aromatic heterocycles. The van der Waals surface area contributed by atoms with Gasteiger partial charge in [0.2, 0.25) is 0 Å². The molecule has 2 aromatic carbocycles.